The Morgan fingerprint density at radius 1 is 1.61 bits per heavy atom. The molecule has 0 aliphatic carbocycles. The molecule has 0 amide bonds. The number of esters is 1. The Morgan fingerprint density at radius 2 is 2.33 bits per heavy atom. The van der Waals surface area contributed by atoms with Crippen molar-refractivity contribution < 1.29 is 13.9 Å². The number of halogens is 2. The molecule has 0 aliphatic heterocycles. The van der Waals surface area contributed by atoms with Gasteiger partial charge in [-0.3, -0.25) is 4.79 Å². The van der Waals surface area contributed by atoms with E-state index in [0.29, 0.717) is 12.2 Å². The van der Waals surface area contributed by atoms with Gasteiger partial charge in [-0.1, -0.05) is 15.9 Å². The van der Waals surface area contributed by atoms with Gasteiger partial charge in [-0.05, 0) is 35.9 Å². The van der Waals surface area contributed by atoms with Gasteiger partial charge in [0, 0.05) is 10.2 Å². The van der Waals surface area contributed by atoms with Crippen LogP contribution in [0.15, 0.2) is 22.7 Å². The Bertz CT molecular complexity index is 417. The third-order valence-corrected chi connectivity index (χ3v) is 4.16. The van der Waals surface area contributed by atoms with Gasteiger partial charge in [-0.2, -0.15) is 11.8 Å². The minimum absolute atomic E-state index is 0.250. The quantitative estimate of drug-likeness (QED) is 0.641. The first-order chi connectivity index (χ1) is 8.54. The van der Waals surface area contributed by atoms with Gasteiger partial charge in [0.05, 0.1) is 7.11 Å². The van der Waals surface area contributed by atoms with E-state index in [9.17, 15) is 9.18 Å². The monoisotopic (exact) mass is 335 g/mol. The second-order valence-electron chi connectivity index (χ2n) is 3.71. The predicted octanol–water partition coefficient (Wildman–Crippen LogP) is 2.71. The average Bonchev–Trinajstić information content (AvgIpc) is 2.37. The fraction of sp³-hybridized carbons (Fsp3) is 0.417. The van der Waals surface area contributed by atoms with Crippen LogP contribution in [0.25, 0.3) is 0 Å². The molecule has 1 unspecified atom stereocenters. The van der Waals surface area contributed by atoms with Crippen molar-refractivity contribution >= 4 is 33.7 Å². The Balaban J connectivity index is 2.34. The molecule has 1 aromatic carbocycles. The van der Waals surface area contributed by atoms with Crippen LogP contribution >= 0.6 is 27.7 Å². The first-order valence-electron chi connectivity index (χ1n) is 5.39. The maximum atomic E-state index is 13.0. The van der Waals surface area contributed by atoms with Crippen LogP contribution in [0.5, 0.6) is 0 Å². The summed E-state index contributed by atoms with van der Waals surface area (Å²) in [5, 5.41) is 0. The van der Waals surface area contributed by atoms with Gasteiger partial charge < -0.3 is 10.5 Å². The van der Waals surface area contributed by atoms with Crippen molar-refractivity contribution in [1.82, 2.24) is 0 Å². The Hall–Kier alpha value is -0.590. The van der Waals surface area contributed by atoms with Crippen molar-refractivity contribution in [2.45, 2.75) is 18.2 Å². The highest BCUT2D eigenvalue weighted by Gasteiger charge is 2.12. The van der Waals surface area contributed by atoms with Crippen molar-refractivity contribution in [2.75, 3.05) is 12.9 Å². The summed E-state index contributed by atoms with van der Waals surface area (Å²) in [6, 6.07) is 4.01. The summed E-state index contributed by atoms with van der Waals surface area (Å²) >= 11 is 4.97. The standard InChI is InChI=1S/C12H15BrFNO2S/c1-17-12(16)11(15)4-5-18-7-8-6-9(14)2-3-10(8)13/h2-3,6,11H,4-5,7,15H2,1H3. The third-order valence-electron chi connectivity index (χ3n) is 2.34. The van der Waals surface area contributed by atoms with E-state index < -0.39 is 12.0 Å². The molecule has 0 fully saturated rings. The molecule has 1 atom stereocenters. The predicted molar refractivity (Wildman–Crippen MR) is 74.9 cm³/mol. The van der Waals surface area contributed by atoms with Gasteiger partial charge in [0.1, 0.15) is 11.9 Å². The number of rotatable bonds is 6. The van der Waals surface area contributed by atoms with Crippen LogP contribution in [0.3, 0.4) is 0 Å². The topological polar surface area (TPSA) is 52.3 Å². The number of benzene rings is 1. The van der Waals surface area contributed by atoms with Crippen molar-refractivity contribution in [1.29, 1.82) is 0 Å². The van der Waals surface area contributed by atoms with Gasteiger partial charge in [-0.15, -0.1) is 0 Å². The van der Waals surface area contributed by atoms with Gasteiger partial charge in [0.2, 0.25) is 0 Å². The molecule has 18 heavy (non-hydrogen) atoms. The maximum absolute atomic E-state index is 13.0. The SMILES string of the molecule is COC(=O)C(N)CCSCc1cc(F)ccc1Br. The number of carbonyl (C=O) groups is 1. The summed E-state index contributed by atoms with van der Waals surface area (Å²) in [5.41, 5.74) is 6.50. The lowest BCUT2D eigenvalue weighted by atomic mass is 10.2. The highest BCUT2D eigenvalue weighted by atomic mass is 79.9. The maximum Gasteiger partial charge on any atom is 0.322 e. The van der Waals surface area contributed by atoms with Crippen LogP contribution in [0.4, 0.5) is 4.39 Å². The molecule has 2 N–H and O–H groups in total. The fourth-order valence-electron chi connectivity index (χ4n) is 1.32. The highest BCUT2D eigenvalue weighted by Crippen LogP contribution is 2.23. The first kappa shape index (κ1) is 15.5. The Kier molecular flexibility index (Phi) is 6.67. The molecule has 0 bridgehead atoms. The number of hydrogen-bond donors (Lipinski definition) is 1. The summed E-state index contributed by atoms with van der Waals surface area (Å²) in [4.78, 5) is 11.1. The van der Waals surface area contributed by atoms with E-state index in [1.807, 2.05) is 0 Å². The molecule has 0 radical (unpaired) electrons. The minimum atomic E-state index is -0.585. The highest BCUT2D eigenvalue weighted by molar-refractivity contribution is 9.10. The number of methoxy groups -OCH3 is 1. The molecular weight excluding hydrogens is 321 g/mol. The van der Waals surface area contributed by atoms with Gasteiger partial charge in [-0.25, -0.2) is 4.39 Å². The molecule has 0 aromatic heterocycles. The average molecular weight is 336 g/mol. The molecule has 100 valence electrons. The molecule has 3 nitrogen and oxygen atoms in total. The molecule has 0 saturated carbocycles. The lowest BCUT2D eigenvalue weighted by Crippen LogP contribution is -2.31. The van der Waals surface area contributed by atoms with Crippen LogP contribution in [0.2, 0.25) is 0 Å². The normalized spacial score (nSPS) is 12.2. The molecule has 6 heteroatoms. The van der Waals surface area contributed by atoms with Crippen LogP contribution in [-0.2, 0) is 15.3 Å². The van der Waals surface area contributed by atoms with E-state index in [-0.39, 0.29) is 5.82 Å². The van der Waals surface area contributed by atoms with Crippen LogP contribution in [0, 0.1) is 5.82 Å². The van der Waals surface area contributed by atoms with Crippen LogP contribution in [0.1, 0.15) is 12.0 Å². The van der Waals surface area contributed by atoms with Crippen molar-refractivity contribution in [3.05, 3.63) is 34.1 Å². The van der Waals surface area contributed by atoms with Gasteiger partial charge in [0.25, 0.3) is 0 Å². The summed E-state index contributed by atoms with van der Waals surface area (Å²) < 4.78 is 18.4. The molecule has 1 rings (SSSR count). The lowest BCUT2D eigenvalue weighted by molar-refractivity contribution is -0.142. The number of hydrogen-bond acceptors (Lipinski definition) is 4. The van der Waals surface area contributed by atoms with Crippen molar-refractivity contribution in [3.63, 3.8) is 0 Å². The van der Waals surface area contributed by atoms with Crippen LogP contribution in [-0.4, -0.2) is 24.9 Å². The smallest absolute Gasteiger partial charge is 0.322 e. The van der Waals surface area contributed by atoms with Gasteiger partial charge >= 0.3 is 5.97 Å². The molecule has 0 spiro atoms. The third kappa shape index (κ3) is 4.96. The van der Waals surface area contributed by atoms with E-state index in [1.54, 1.807) is 17.8 Å². The van der Waals surface area contributed by atoms with Crippen molar-refractivity contribution in [2.24, 2.45) is 5.73 Å². The van der Waals surface area contributed by atoms with E-state index in [4.69, 9.17) is 5.73 Å². The largest absolute Gasteiger partial charge is 0.468 e. The second-order valence-corrected chi connectivity index (χ2v) is 5.67. The minimum Gasteiger partial charge on any atom is -0.468 e. The molecule has 0 saturated heterocycles. The van der Waals surface area contributed by atoms with Crippen molar-refractivity contribution in [3.8, 4) is 0 Å². The Labute approximate surface area is 118 Å². The number of thioether (sulfide) groups is 1. The molecule has 0 aliphatic rings. The Morgan fingerprint density at radius 3 is 3.00 bits per heavy atom. The summed E-state index contributed by atoms with van der Waals surface area (Å²) in [6.07, 6.45) is 0.546. The van der Waals surface area contributed by atoms with Gasteiger partial charge in [0.15, 0.2) is 0 Å². The van der Waals surface area contributed by atoms with E-state index >= 15 is 0 Å². The number of nitrogens with two attached hydrogens (primary N) is 1. The fourth-order valence-corrected chi connectivity index (χ4v) is 2.91. The summed E-state index contributed by atoms with van der Waals surface area (Å²) in [6.45, 7) is 0. The van der Waals surface area contributed by atoms with E-state index in [1.165, 1.54) is 19.2 Å². The van der Waals surface area contributed by atoms with Crippen LogP contribution < -0.4 is 5.73 Å². The molecule has 1 aromatic rings. The summed E-state index contributed by atoms with van der Waals surface area (Å²) in [5.74, 6) is 0.744. The zero-order chi connectivity index (χ0) is 13.5. The zero-order valence-electron chi connectivity index (χ0n) is 9.99. The van der Waals surface area contributed by atoms with E-state index in [0.717, 1.165) is 15.8 Å². The summed E-state index contributed by atoms with van der Waals surface area (Å²) in [7, 11) is 1.32. The lowest BCUT2D eigenvalue weighted by Gasteiger charge is -2.09. The first-order valence-corrected chi connectivity index (χ1v) is 7.34. The zero-order valence-corrected chi connectivity index (χ0v) is 12.4. The number of carbonyl (C=O) groups excluding carboxylic acids is 1. The number of ether oxygens (including phenoxy) is 1. The second kappa shape index (κ2) is 7.76. The molecule has 0 heterocycles. The molecular formula is C12H15BrFNO2S. The van der Waals surface area contributed by atoms with E-state index in [2.05, 4.69) is 20.7 Å².